The first kappa shape index (κ1) is 16.3. The maximum atomic E-state index is 10.4. The maximum absolute atomic E-state index is 10.4. The van der Waals surface area contributed by atoms with Gasteiger partial charge < -0.3 is 19.5 Å². The Kier molecular flexibility index (Phi) is 7.50. The van der Waals surface area contributed by atoms with Crippen molar-refractivity contribution in [1.29, 1.82) is 0 Å². The van der Waals surface area contributed by atoms with Gasteiger partial charge in [0.15, 0.2) is 0 Å². The molecule has 1 aromatic rings. The fourth-order valence-electron chi connectivity index (χ4n) is 1.73. The molecule has 0 fully saturated rings. The molecule has 1 N–H and O–H groups in total. The highest BCUT2D eigenvalue weighted by Gasteiger charge is 2.02. The van der Waals surface area contributed by atoms with Crippen LogP contribution in [0.5, 0.6) is 11.5 Å². The number of aliphatic carboxylic acids is 1. The first-order valence-corrected chi connectivity index (χ1v) is 6.88. The van der Waals surface area contributed by atoms with Crippen molar-refractivity contribution in [2.75, 3.05) is 33.4 Å². The average molecular weight is 281 g/mol. The number of rotatable bonds is 10. The predicted molar refractivity (Wildman–Crippen MR) is 77.5 cm³/mol. The molecule has 0 amide bonds. The van der Waals surface area contributed by atoms with E-state index in [2.05, 4.69) is 4.90 Å². The zero-order valence-corrected chi connectivity index (χ0v) is 12.2. The van der Waals surface area contributed by atoms with Crippen molar-refractivity contribution in [3.8, 4) is 11.5 Å². The lowest BCUT2D eigenvalue weighted by Crippen LogP contribution is -2.25. The minimum Gasteiger partial charge on any atom is -0.494 e. The van der Waals surface area contributed by atoms with E-state index >= 15 is 0 Å². The largest absolute Gasteiger partial charge is 0.494 e. The summed E-state index contributed by atoms with van der Waals surface area (Å²) in [5, 5.41) is 8.56. The topological polar surface area (TPSA) is 59.0 Å². The smallest absolute Gasteiger partial charge is 0.303 e. The zero-order chi connectivity index (χ0) is 14.8. The Labute approximate surface area is 120 Å². The highest BCUT2D eigenvalue weighted by molar-refractivity contribution is 5.66. The summed E-state index contributed by atoms with van der Waals surface area (Å²) in [4.78, 5) is 12.5. The Balaban J connectivity index is 2.18. The van der Waals surface area contributed by atoms with E-state index in [-0.39, 0.29) is 6.42 Å². The molecule has 0 saturated carbocycles. The van der Waals surface area contributed by atoms with Crippen molar-refractivity contribution in [3.05, 3.63) is 24.3 Å². The molecule has 5 heteroatoms. The van der Waals surface area contributed by atoms with Crippen molar-refractivity contribution in [1.82, 2.24) is 4.90 Å². The number of nitrogens with zero attached hydrogens (tertiary/aromatic N) is 1. The molecule has 0 aliphatic rings. The predicted octanol–water partition coefficient (Wildman–Crippen LogP) is 2.26. The van der Waals surface area contributed by atoms with Crippen molar-refractivity contribution in [2.45, 2.75) is 19.8 Å². The Morgan fingerprint density at radius 3 is 2.30 bits per heavy atom. The van der Waals surface area contributed by atoms with Crippen molar-refractivity contribution >= 4 is 5.97 Å². The fourth-order valence-corrected chi connectivity index (χ4v) is 1.73. The molecular weight excluding hydrogens is 258 g/mol. The number of ether oxygens (including phenoxy) is 2. The van der Waals surface area contributed by atoms with Gasteiger partial charge in [-0.25, -0.2) is 0 Å². The first-order valence-electron chi connectivity index (χ1n) is 6.88. The molecule has 0 radical (unpaired) electrons. The standard InChI is InChI=1S/C15H23NO4/c1-3-19-13-6-8-14(9-7-13)20-12-11-16(2)10-4-5-15(17)18/h6-9H,3-5,10-12H2,1-2H3,(H,17,18). The second kappa shape index (κ2) is 9.20. The molecule has 1 rings (SSSR count). The Morgan fingerprint density at radius 1 is 1.15 bits per heavy atom. The van der Waals surface area contributed by atoms with Gasteiger partial charge in [-0.3, -0.25) is 4.79 Å². The molecular formula is C15H23NO4. The Hall–Kier alpha value is -1.75. The van der Waals surface area contributed by atoms with Crippen LogP contribution in [-0.4, -0.2) is 49.3 Å². The lowest BCUT2D eigenvalue weighted by atomic mass is 10.3. The molecule has 0 bridgehead atoms. The number of hydrogen-bond donors (Lipinski definition) is 1. The summed E-state index contributed by atoms with van der Waals surface area (Å²) in [6.07, 6.45) is 0.874. The number of hydrogen-bond acceptors (Lipinski definition) is 4. The lowest BCUT2D eigenvalue weighted by Gasteiger charge is -2.16. The van der Waals surface area contributed by atoms with Gasteiger partial charge in [-0.1, -0.05) is 0 Å². The summed E-state index contributed by atoms with van der Waals surface area (Å²) < 4.78 is 11.0. The van der Waals surface area contributed by atoms with Crippen molar-refractivity contribution < 1.29 is 19.4 Å². The summed E-state index contributed by atoms with van der Waals surface area (Å²) in [7, 11) is 1.96. The van der Waals surface area contributed by atoms with Crippen LogP contribution in [-0.2, 0) is 4.79 Å². The van der Waals surface area contributed by atoms with Crippen LogP contribution in [0.1, 0.15) is 19.8 Å². The van der Waals surface area contributed by atoms with Crippen LogP contribution >= 0.6 is 0 Å². The second-order valence-corrected chi connectivity index (χ2v) is 4.55. The summed E-state index contributed by atoms with van der Waals surface area (Å²) in [5.74, 6) is 0.905. The molecule has 0 atom stereocenters. The molecule has 0 aliphatic carbocycles. The van der Waals surface area contributed by atoms with Crippen molar-refractivity contribution in [2.24, 2.45) is 0 Å². The van der Waals surface area contributed by atoms with Crippen molar-refractivity contribution in [3.63, 3.8) is 0 Å². The van der Waals surface area contributed by atoms with Gasteiger partial charge in [0.05, 0.1) is 6.61 Å². The average Bonchev–Trinajstić information content (AvgIpc) is 2.40. The third-order valence-corrected chi connectivity index (χ3v) is 2.81. The zero-order valence-electron chi connectivity index (χ0n) is 12.2. The van der Waals surface area contributed by atoms with Gasteiger partial charge >= 0.3 is 5.97 Å². The number of carbonyl (C=O) groups is 1. The molecule has 0 heterocycles. The number of likely N-dealkylation sites (N-methyl/N-ethyl adjacent to an activating group) is 1. The van der Waals surface area contributed by atoms with Crippen LogP contribution in [0.2, 0.25) is 0 Å². The van der Waals surface area contributed by atoms with E-state index in [0.29, 0.717) is 19.6 Å². The fraction of sp³-hybridized carbons (Fsp3) is 0.533. The van der Waals surface area contributed by atoms with E-state index in [1.54, 1.807) is 0 Å². The van der Waals surface area contributed by atoms with E-state index in [1.165, 1.54) is 0 Å². The highest BCUT2D eigenvalue weighted by Crippen LogP contribution is 2.17. The minimum atomic E-state index is -0.746. The van der Waals surface area contributed by atoms with Crippen LogP contribution in [0.25, 0.3) is 0 Å². The molecule has 112 valence electrons. The second-order valence-electron chi connectivity index (χ2n) is 4.55. The number of carboxylic acids is 1. The molecule has 0 unspecified atom stereocenters. The SMILES string of the molecule is CCOc1ccc(OCCN(C)CCCC(=O)O)cc1. The summed E-state index contributed by atoms with van der Waals surface area (Å²) >= 11 is 0. The summed E-state index contributed by atoms with van der Waals surface area (Å²) in [6.45, 7) is 4.72. The van der Waals surface area contributed by atoms with Gasteiger partial charge in [-0.15, -0.1) is 0 Å². The van der Waals surface area contributed by atoms with Crippen LogP contribution < -0.4 is 9.47 Å². The van der Waals surface area contributed by atoms with Gasteiger partial charge in [0.25, 0.3) is 0 Å². The summed E-state index contributed by atoms with van der Waals surface area (Å²) in [5.41, 5.74) is 0. The molecule has 1 aromatic carbocycles. The molecule has 0 spiro atoms. The number of benzene rings is 1. The molecule has 0 aliphatic heterocycles. The van der Waals surface area contributed by atoms with E-state index in [4.69, 9.17) is 14.6 Å². The molecule has 5 nitrogen and oxygen atoms in total. The monoisotopic (exact) mass is 281 g/mol. The van der Waals surface area contributed by atoms with Gasteiger partial charge in [0.2, 0.25) is 0 Å². The highest BCUT2D eigenvalue weighted by atomic mass is 16.5. The van der Waals surface area contributed by atoms with Crippen LogP contribution in [0, 0.1) is 0 Å². The van der Waals surface area contributed by atoms with Gasteiger partial charge in [0.1, 0.15) is 18.1 Å². The first-order chi connectivity index (χ1) is 9.61. The number of carboxylic acid groups (broad SMARTS) is 1. The quantitative estimate of drug-likeness (QED) is 0.713. The van der Waals surface area contributed by atoms with Gasteiger partial charge in [0, 0.05) is 13.0 Å². The van der Waals surface area contributed by atoms with E-state index in [0.717, 1.165) is 24.6 Å². The molecule has 0 saturated heterocycles. The van der Waals surface area contributed by atoms with Crippen LogP contribution in [0.3, 0.4) is 0 Å². The van der Waals surface area contributed by atoms with Crippen LogP contribution in [0.4, 0.5) is 0 Å². The lowest BCUT2D eigenvalue weighted by molar-refractivity contribution is -0.137. The van der Waals surface area contributed by atoms with E-state index in [1.807, 2.05) is 38.2 Å². The Bertz CT molecular complexity index is 391. The van der Waals surface area contributed by atoms with Gasteiger partial charge in [-0.05, 0) is 51.2 Å². The summed E-state index contributed by atoms with van der Waals surface area (Å²) in [6, 6.07) is 7.54. The maximum Gasteiger partial charge on any atom is 0.303 e. The normalized spacial score (nSPS) is 10.6. The van der Waals surface area contributed by atoms with Crippen LogP contribution in [0.15, 0.2) is 24.3 Å². The molecule has 0 aromatic heterocycles. The minimum absolute atomic E-state index is 0.212. The Morgan fingerprint density at radius 2 is 1.75 bits per heavy atom. The third-order valence-electron chi connectivity index (χ3n) is 2.81. The third kappa shape index (κ3) is 6.99. The van der Waals surface area contributed by atoms with Gasteiger partial charge in [-0.2, -0.15) is 0 Å². The molecule has 20 heavy (non-hydrogen) atoms. The van der Waals surface area contributed by atoms with E-state index in [9.17, 15) is 4.79 Å². The van der Waals surface area contributed by atoms with E-state index < -0.39 is 5.97 Å².